The van der Waals surface area contributed by atoms with Gasteiger partial charge in [0, 0.05) is 5.69 Å². The molecule has 0 spiro atoms. The Kier molecular flexibility index (Phi) is 5.29. The van der Waals surface area contributed by atoms with Crippen molar-refractivity contribution in [1.82, 2.24) is 0 Å². The molecule has 0 aliphatic carbocycles. The van der Waals surface area contributed by atoms with E-state index in [4.69, 9.17) is 10.5 Å². The molecule has 3 aromatic carbocycles. The molecule has 0 aliphatic heterocycles. The van der Waals surface area contributed by atoms with Crippen LogP contribution in [0.15, 0.2) is 78.9 Å². The topological polar surface area (TPSA) is 81.4 Å². The number of carbonyl (C=O) groups is 2. The number of amides is 2. The van der Waals surface area contributed by atoms with Gasteiger partial charge in [0.1, 0.15) is 5.75 Å². The van der Waals surface area contributed by atoms with Crippen LogP contribution in [0.2, 0.25) is 0 Å². The summed E-state index contributed by atoms with van der Waals surface area (Å²) in [6.45, 7) is -0.218. The summed E-state index contributed by atoms with van der Waals surface area (Å²) in [5.74, 6) is -0.635. The Bertz CT molecular complexity index is 906. The molecule has 0 aromatic heterocycles. The zero-order valence-electron chi connectivity index (χ0n) is 14.0. The molecule has 0 radical (unpaired) electrons. The highest BCUT2D eigenvalue weighted by molar-refractivity contribution is 5.96. The summed E-state index contributed by atoms with van der Waals surface area (Å²) in [7, 11) is 0. The summed E-state index contributed by atoms with van der Waals surface area (Å²) in [6.07, 6.45) is 0. The minimum atomic E-state index is -0.600. The van der Waals surface area contributed by atoms with E-state index in [9.17, 15) is 9.59 Å². The van der Waals surface area contributed by atoms with Crippen LogP contribution in [0.4, 0.5) is 5.69 Å². The molecule has 3 rings (SSSR count). The molecule has 0 heterocycles. The lowest BCUT2D eigenvalue weighted by atomic mass is 10.1. The van der Waals surface area contributed by atoms with E-state index in [1.54, 1.807) is 24.3 Å². The number of anilines is 1. The summed E-state index contributed by atoms with van der Waals surface area (Å²) in [4.78, 5) is 23.4. The quantitative estimate of drug-likeness (QED) is 0.717. The Labute approximate surface area is 151 Å². The summed E-state index contributed by atoms with van der Waals surface area (Å²) >= 11 is 0. The maximum atomic E-state index is 12.1. The first-order valence-corrected chi connectivity index (χ1v) is 8.10. The number of hydrogen-bond acceptors (Lipinski definition) is 3. The van der Waals surface area contributed by atoms with Crippen LogP contribution in [0.25, 0.3) is 11.1 Å². The van der Waals surface area contributed by atoms with Gasteiger partial charge in [0.2, 0.25) is 0 Å². The molecule has 0 aliphatic rings. The molecule has 3 N–H and O–H groups in total. The van der Waals surface area contributed by atoms with Crippen molar-refractivity contribution in [1.29, 1.82) is 0 Å². The monoisotopic (exact) mass is 346 g/mol. The minimum absolute atomic E-state index is 0.218. The van der Waals surface area contributed by atoms with Crippen LogP contribution in [0.5, 0.6) is 5.75 Å². The number of primary amides is 1. The average molecular weight is 346 g/mol. The highest BCUT2D eigenvalue weighted by atomic mass is 16.5. The molecule has 2 amide bonds. The third-order valence-electron chi connectivity index (χ3n) is 3.79. The summed E-state index contributed by atoms with van der Waals surface area (Å²) in [5, 5.41) is 2.76. The largest absolute Gasteiger partial charge is 0.483 e. The van der Waals surface area contributed by atoms with Crippen molar-refractivity contribution in [2.75, 3.05) is 11.9 Å². The summed E-state index contributed by atoms with van der Waals surface area (Å²) in [6, 6.07) is 24.1. The molecule has 0 saturated carbocycles. The van der Waals surface area contributed by atoms with Crippen molar-refractivity contribution < 1.29 is 14.3 Å². The van der Waals surface area contributed by atoms with E-state index in [1.165, 1.54) is 0 Å². The van der Waals surface area contributed by atoms with Gasteiger partial charge in [0.25, 0.3) is 11.8 Å². The van der Waals surface area contributed by atoms with E-state index in [2.05, 4.69) is 5.32 Å². The third-order valence-corrected chi connectivity index (χ3v) is 3.79. The van der Waals surface area contributed by atoms with Gasteiger partial charge in [-0.05, 0) is 35.4 Å². The van der Waals surface area contributed by atoms with Crippen molar-refractivity contribution in [3.8, 4) is 16.9 Å². The van der Waals surface area contributed by atoms with Crippen LogP contribution in [0.1, 0.15) is 10.4 Å². The first kappa shape index (κ1) is 17.2. The number of hydrogen-bond donors (Lipinski definition) is 2. The van der Waals surface area contributed by atoms with Gasteiger partial charge in [-0.15, -0.1) is 0 Å². The molecule has 0 unspecified atom stereocenters. The van der Waals surface area contributed by atoms with Gasteiger partial charge in [-0.1, -0.05) is 54.6 Å². The van der Waals surface area contributed by atoms with Gasteiger partial charge >= 0.3 is 0 Å². The Balaban J connectivity index is 1.60. The molecule has 0 saturated heterocycles. The SMILES string of the molecule is NC(=O)c1ccccc1OCC(=O)Nc1ccc(-c2ccccc2)cc1. The highest BCUT2D eigenvalue weighted by Gasteiger charge is 2.10. The lowest BCUT2D eigenvalue weighted by Crippen LogP contribution is -2.21. The molecule has 130 valence electrons. The second-order valence-electron chi connectivity index (χ2n) is 5.64. The fraction of sp³-hybridized carbons (Fsp3) is 0.0476. The lowest BCUT2D eigenvalue weighted by molar-refractivity contribution is -0.118. The van der Waals surface area contributed by atoms with Gasteiger partial charge in [-0.3, -0.25) is 9.59 Å². The number of nitrogens with one attached hydrogen (secondary N) is 1. The molecular weight excluding hydrogens is 328 g/mol. The number of ether oxygens (including phenoxy) is 1. The summed E-state index contributed by atoms with van der Waals surface area (Å²) < 4.78 is 5.41. The number of para-hydroxylation sites is 1. The molecule has 0 fully saturated rings. The molecule has 0 bridgehead atoms. The van der Waals surface area contributed by atoms with Gasteiger partial charge in [0.15, 0.2) is 6.61 Å². The van der Waals surface area contributed by atoms with Gasteiger partial charge in [-0.25, -0.2) is 0 Å². The Morgan fingerprint density at radius 1 is 0.808 bits per heavy atom. The maximum Gasteiger partial charge on any atom is 0.262 e. The van der Waals surface area contributed by atoms with Crippen molar-refractivity contribution in [2.24, 2.45) is 5.73 Å². The molecule has 5 heteroatoms. The second-order valence-corrected chi connectivity index (χ2v) is 5.64. The van der Waals surface area contributed by atoms with E-state index in [1.807, 2.05) is 54.6 Å². The van der Waals surface area contributed by atoms with Crippen molar-refractivity contribution in [3.05, 3.63) is 84.4 Å². The number of carbonyl (C=O) groups excluding carboxylic acids is 2. The highest BCUT2D eigenvalue weighted by Crippen LogP contribution is 2.21. The second kappa shape index (κ2) is 7.98. The smallest absolute Gasteiger partial charge is 0.262 e. The molecule has 26 heavy (non-hydrogen) atoms. The van der Waals surface area contributed by atoms with Crippen LogP contribution in [-0.4, -0.2) is 18.4 Å². The lowest BCUT2D eigenvalue weighted by Gasteiger charge is -2.10. The van der Waals surface area contributed by atoms with E-state index in [0.29, 0.717) is 5.69 Å². The first-order chi connectivity index (χ1) is 12.6. The van der Waals surface area contributed by atoms with Crippen molar-refractivity contribution >= 4 is 17.5 Å². The van der Waals surface area contributed by atoms with Crippen LogP contribution >= 0.6 is 0 Å². The molecular formula is C21H18N2O3. The van der Waals surface area contributed by atoms with E-state index in [-0.39, 0.29) is 23.8 Å². The number of nitrogens with two attached hydrogens (primary N) is 1. The van der Waals surface area contributed by atoms with Crippen molar-refractivity contribution in [2.45, 2.75) is 0 Å². The maximum absolute atomic E-state index is 12.1. The van der Waals surface area contributed by atoms with Crippen LogP contribution in [0, 0.1) is 0 Å². The fourth-order valence-corrected chi connectivity index (χ4v) is 2.51. The van der Waals surface area contributed by atoms with E-state index < -0.39 is 5.91 Å². The van der Waals surface area contributed by atoms with Gasteiger partial charge < -0.3 is 15.8 Å². The zero-order valence-corrected chi connectivity index (χ0v) is 14.0. The van der Waals surface area contributed by atoms with Crippen LogP contribution < -0.4 is 15.8 Å². The van der Waals surface area contributed by atoms with E-state index in [0.717, 1.165) is 11.1 Å². The number of rotatable bonds is 6. The fourth-order valence-electron chi connectivity index (χ4n) is 2.51. The Hall–Kier alpha value is -3.60. The zero-order chi connectivity index (χ0) is 18.4. The predicted molar refractivity (Wildman–Crippen MR) is 101 cm³/mol. The first-order valence-electron chi connectivity index (χ1n) is 8.10. The minimum Gasteiger partial charge on any atom is -0.483 e. The normalized spacial score (nSPS) is 10.2. The van der Waals surface area contributed by atoms with Gasteiger partial charge in [0.05, 0.1) is 5.56 Å². The predicted octanol–water partition coefficient (Wildman–Crippen LogP) is 3.47. The molecule has 3 aromatic rings. The third kappa shape index (κ3) is 4.27. The average Bonchev–Trinajstić information content (AvgIpc) is 2.68. The van der Waals surface area contributed by atoms with E-state index >= 15 is 0 Å². The van der Waals surface area contributed by atoms with Crippen LogP contribution in [-0.2, 0) is 4.79 Å². The van der Waals surface area contributed by atoms with Crippen LogP contribution in [0.3, 0.4) is 0 Å². The van der Waals surface area contributed by atoms with Crippen molar-refractivity contribution in [3.63, 3.8) is 0 Å². The van der Waals surface area contributed by atoms with Gasteiger partial charge in [-0.2, -0.15) is 0 Å². The standard InChI is InChI=1S/C21H18N2O3/c22-21(25)18-8-4-5-9-19(18)26-14-20(24)23-17-12-10-16(11-13-17)15-6-2-1-3-7-15/h1-13H,14H2,(H2,22,25)(H,23,24). The molecule has 0 atom stereocenters. The molecule has 5 nitrogen and oxygen atoms in total. The number of benzene rings is 3. The summed E-state index contributed by atoms with van der Waals surface area (Å²) in [5.41, 5.74) is 8.37. The Morgan fingerprint density at radius 2 is 1.42 bits per heavy atom. The Morgan fingerprint density at radius 3 is 2.12 bits per heavy atom.